The van der Waals surface area contributed by atoms with Crippen LogP contribution in [0.25, 0.3) is 0 Å². The van der Waals surface area contributed by atoms with Crippen molar-refractivity contribution >= 4 is 21.6 Å². The molecule has 6 heteroatoms. The molecule has 0 saturated heterocycles. The van der Waals surface area contributed by atoms with Crippen LogP contribution in [0.15, 0.2) is 42.5 Å². The topological polar surface area (TPSA) is 66.5 Å². The predicted molar refractivity (Wildman–Crippen MR) is 127 cm³/mol. The lowest BCUT2D eigenvalue weighted by atomic mass is 9.89. The molecule has 0 aliphatic heterocycles. The van der Waals surface area contributed by atoms with Gasteiger partial charge in [-0.2, -0.15) is 0 Å². The molecule has 0 saturated carbocycles. The van der Waals surface area contributed by atoms with Crippen LogP contribution in [0.3, 0.4) is 0 Å². The molecule has 1 amide bonds. The third-order valence-electron chi connectivity index (χ3n) is 6.01. The van der Waals surface area contributed by atoms with Crippen molar-refractivity contribution in [2.45, 2.75) is 64.8 Å². The maximum Gasteiger partial charge on any atom is 0.232 e. The summed E-state index contributed by atoms with van der Waals surface area (Å²) in [6.07, 6.45) is 7.54. The minimum atomic E-state index is -3.41. The molecule has 0 aromatic heterocycles. The summed E-state index contributed by atoms with van der Waals surface area (Å²) in [6.45, 7) is 4.32. The summed E-state index contributed by atoms with van der Waals surface area (Å²) in [5, 5.41) is 3.14. The number of carbonyl (C=O) groups excluding carboxylic acids is 1. The Morgan fingerprint density at radius 1 is 1.06 bits per heavy atom. The van der Waals surface area contributed by atoms with Crippen molar-refractivity contribution in [2.75, 3.05) is 17.1 Å². The number of nitrogens with one attached hydrogen (secondary N) is 1. The molecule has 0 unspecified atom stereocenters. The van der Waals surface area contributed by atoms with Crippen LogP contribution in [0.1, 0.15) is 67.3 Å². The molecule has 0 heterocycles. The number of sulfonamides is 1. The molecule has 1 aliphatic carbocycles. The van der Waals surface area contributed by atoms with E-state index in [4.69, 9.17) is 0 Å². The Hall–Kier alpha value is -2.34. The van der Waals surface area contributed by atoms with Gasteiger partial charge in [0, 0.05) is 13.0 Å². The number of hydrogen-bond donors (Lipinski definition) is 1. The largest absolute Gasteiger partial charge is 0.349 e. The van der Waals surface area contributed by atoms with Crippen LogP contribution in [-0.2, 0) is 27.7 Å². The van der Waals surface area contributed by atoms with Crippen molar-refractivity contribution in [2.24, 2.45) is 0 Å². The molecule has 0 fully saturated rings. The monoisotopic (exact) mass is 442 g/mol. The number of aryl methyl sites for hydroxylation is 3. The van der Waals surface area contributed by atoms with Gasteiger partial charge in [0.25, 0.3) is 0 Å². The van der Waals surface area contributed by atoms with Crippen LogP contribution in [-0.4, -0.2) is 27.1 Å². The van der Waals surface area contributed by atoms with Crippen LogP contribution in [0.5, 0.6) is 0 Å². The lowest BCUT2D eigenvalue weighted by Gasteiger charge is -2.23. The average molecular weight is 443 g/mol. The minimum Gasteiger partial charge on any atom is -0.349 e. The van der Waals surface area contributed by atoms with Crippen LogP contribution in [0.2, 0.25) is 0 Å². The van der Waals surface area contributed by atoms with Gasteiger partial charge in [-0.05, 0) is 74.3 Å². The molecule has 2 aromatic carbocycles. The molecule has 1 atom stereocenters. The molecule has 1 aliphatic rings. The highest BCUT2D eigenvalue weighted by Gasteiger charge is 2.19. The maximum atomic E-state index is 12.6. The van der Waals surface area contributed by atoms with Gasteiger partial charge in [-0.25, -0.2) is 8.42 Å². The zero-order chi connectivity index (χ0) is 22.4. The highest BCUT2D eigenvalue weighted by Crippen LogP contribution is 2.26. The Balaban J connectivity index is 1.58. The Bertz CT molecular complexity index is 1000. The van der Waals surface area contributed by atoms with Crippen molar-refractivity contribution in [1.82, 2.24) is 5.32 Å². The number of fused-ring (bicyclic) bond motifs is 1. The second-order valence-electron chi connectivity index (χ2n) is 8.54. The van der Waals surface area contributed by atoms with Gasteiger partial charge < -0.3 is 5.32 Å². The molecule has 1 N–H and O–H groups in total. The third kappa shape index (κ3) is 6.33. The average Bonchev–Trinajstić information content (AvgIpc) is 2.75. The summed E-state index contributed by atoms with van der Waals surface area (Å²) < 4.78 is 25.9. The first-order valence-electron chi connectivity index (χ1n) is 11.2. The zero-order valence-electron chi connectivity index (χ0n) is 18.9. The highest BCUT2D eigenvalue weighted by molar-refractivity contribution is 7.92. The summed E-state index contributed by atoms with van der Waals surface area (Å²) in [7, 11) is -3.41. The van der Waals surface area contributed by atoms with E-state index in [1.165, 1.54) is 34.5 Å². The van der Waals surface area contributed by atoms with Crippen LogP contribution in [0, 0.1) is 6.92 Å². The molecule has 2 aromatic rings. The summed E-state index contributed by atoms with van der Waals surface area (Å²) in [5.41, 5.74) is 5.72. The van der Waals surface area contributed by atoms with E-state index in [2.05, 4.69) is 30.4 Å². The van der Waals surface area contributed by atoms with Gasteiger partial charge in [0.2, 0.25) is 15.9 Å². The number of hydrogen-bond acceptors (Lipinski definition) is 3. The number of benzene rings is 2. The van der Waals surface area contributed by atoms with Gasteiger partial charge in [-0.1, -0.05) is 42.8 Å². The molecule has 168 valence electrons. The molecule has 5 nitrogen and oxygen atoms in total. The Labute approximate surface area is 186 Å². The van der Waals surface area contributed by atoms with Gasteiger partial charge in [0.1, 0.15) is 0 Å². The van der Waals surface area contributed by atoms with Crippen molar-refractivity contribution in [3.8, 4) is 0 Å². The van der Waals surface area contributed by atoms with Gasteiger partial charge in [0.15, 0.2) is 0 Å². The maximum absolute atomic E-state index is 12.6. The van der Waals surface area contributed by atoms with Gasteiger partial charge in [-0.15, -0.1) is 0 Å². The van der Waals surface area contributed by atoms with E-state index in [0.717, 1.165) is 30.4 Å². The van der Waals surface area contributed by atoms with Gasteiger partial charge in [0.05, 0.1) is 18.0 Å². The van der Waals surface area contributed by atoms with Crippen LogP contribution < -0.4 is 9.62 Å². The van der Waals surface area contributed by atoms with Crippen LogP contribution >= 0.6 is 0 Å². The molecule has 31 heavy (non-hydrogen) atoms. The smallest absolute Gasteiger partial charge is 0.232 e. The molecular formula is C25H34N2O3S. The number of nitrogens with zero attached hydrogens (tertiary/aromatic N) is 1. The number of rotatable bonds is 9. The van der Waals surface area contributed by atoms with E-state index >= 15 is 0 Å². The van der Waals surface area contributed by atoms with Crippen LogP contribution in [0.4, 0.5) is 5.69 Å². The van der Waals surface area contributed by atoms with Crippen molar-refractivity contribution in [3.05, 3.63) is 64.7 Å². The molecule has 3 rings (SSSR count). The predicted octanol–water partition coefficient (Wildman–Crippen LogP) is 4.69. The lowest BCUT2D eigenvalue weighted by molar-refractivity contribution is -0.121. The number of amides is 1. The molecule has 0 radical (unpaired) electrons. The van der Waals surface area contributed by atoms with Crippen molar-refractivity contribution in [1.29, 1.82) is 0 Å². The Kier molecular flexibility index (Phi) is 7.76. The first-order valence-corrected chi connectivity index (χ1v) is 13.1. The zero-order valence-corrected chi connectivity index (χ0v) is 19.7. The third-order valence-corrected chi connectivity index (χ3v) is 7.20. The summed E-state index contributed by atoms with van der Waals surface area (Å²) in [6, 6.07) is 14.0. The second kappa shape index (κ2) is 10.3. The first-order chi connectivity index (χ1) is 14.8. The fourth-order valence-electron chi connectivity index (χ4n) is 4.24. The van der Waals surface area contributed by atoms with Gasteiger partial charge in [-0.3, -0.25) is 9.10 Å². The first kappa shape index (κ1) is 23.3. The SMILES string of the molecule is CC[C@@H](NC(=O)CCCN(c1ccc(C)cc1)S(C)(=O)=O)c1ccc2c(c1)CCCC2. The fraction of sp³-hybridized carbons (Fsp3) is 0.480. The quantitative estimate of drug-likeness (QED) is 0.613. The fourth-order valence-corrected chi connectivity index (χ4v) is 5.20. The minimum absolute atomic E-state index is 0.0113. The van der Waals surface area contributed by atoms with E-state index in [0.29, 0.717) is 18.5 Å². The van der Waals surface area contributed by atoms with Crippen molar-refractivity contribution in [3.63, 3.8) is 0 Å². The molecule has 0 spiro atoms. The second-order valence-corrected chi connectivity index (χ2v) is 10.4. The van der Waals surface area contributed by atoms with E-state index in [1.54, 1.807) is 12.1 Å². The molecular weight excluding hydrogens is 408 g/mol. The summed E-state index contributed by atoms with van der Waals surface area (Å²) in [5.74, 6) is -0.0399. The van der Waals surface area contributed by atoms with Gasteiger partial charge >= 0.3 is 0 Å². The van der Waals surface area contributed by atoms with Crippen molar-refractivity contribution < 1.29 is 13.2 Å². The summed E-state index contributed by atoms with van der Waals surface area (Å²) >= 11 is 0. The summed E-state index contributed by atoms with van der Waals surface area (Å²) in [4.78, 5) is 12.6. The Morgan fingerprint density at radius 3 is 2.39 bits per heavy atom. The van der Waals surface area contributed by atoms with E-state index < -0.39 is 10.0 Å². The lowest BCUT2D eigenvalue weighted by Crippen LogP contribution is -2.33. The molecule has 0 bridgehead atoms. The number of carbonyl (C=O) groups is 1. The van der Waals surface area contributed by atoms with E-state index in [9.17, 15) is 13.2 Å². The standard InChI is InChI=1S/C25H34N2O3S/c1-4-24(22-14-13-20-8-5-6-9-21(20)18-22)26-25(28)10-7-17-27(31(3,29)30)23-15-11-19(2)12-16-23/h11-16,18,24H,4-10,17H2,1-3H3,(H,26,28)/t24-/m1/s1. The Morgan fingerprint density at radius 2 is 1.74 bits per heavy atom. The normalized spacial score (nSPS) is 14.5. The number of anilines is 1. The van der Waals surface area contributed by atoms with E-state index in [1.807, 2.05) is 19.1 Å². The van der Waals surface area contributed by atoms with E-state index in [-0.39, 0.29) is 18.5 Å². The highest BCUT2D eigenvalue weighted by atomic mass is 32.2.